The predicted octanol–water partition coefficient (Wildman–Crippen LogP) is 6.53. The number of rotatable bonds is 7. The van der Waals surface area contributed by atoms with Crippen molar-refractivity contribution in [2.24, 2.45) is 0 Å². The highest BCUT2D eigenvalue weighted by molar-refractivity contribution is 6.30. The molecule has 0 fully saturated rings. The van der Waals surface area contributed by atoms with Crippen molar-refractivity contribution in [2.75, 3.05) is 6.61 Å². The first-order valence-electron chi connectivity index (χ1n) is 10.1. The number of nitrogens with zero attached hydrogens (tertiary/aromatic N) is 2. The van der Waals surface area contributed by atoms with Gasteiger partial charge in [0.1, 0.15) is 18.1 Å². The number of benzene rings is 3. The lowest BCUT2D eigenvalue weighted by Gasteiger charge is -2.17. The molecule has 0 aliphatic heterocycles. The zero-order valence-corrected chi connectivity index (χ0v) is 18.2. The molecule has 1 heterocycles. The highest BCUT2D eigenvalue weighted by atomic mass is 35.5. The SMILES string of the molecule is Cc1ccc(OCCn2c(C(C)Oc3ccc(Cl)cc3)nc3ccccc32)c(C)c1. The highest BCUT2D eigenvalue weighted by Crippen LogP contribution is 2.26. The highest BCUT2D eigenvalue weighted by Gasteiger charge is 2.18. The molecule has 5 heteroatoms. The van der Waals surface area contributed by atoms with Gasteiger partial charge in [-0.05, 0) is 68.8 Å². The summed E-state index contributed by atoms with van der Waals surface area (Å²) >= 11 is 5.99. The molecule has 0 aliphatic rings. The quantitative estimate of drug-likeness (QED) is 0.341. The van der Waals surface area contributed by atoms with Crippen molar-refractivity contribution >= 4 is 22.6 Å². The molecular weight excluding hydrogens is 396 g/mol. The number of aromatic nitrogens is 2. The van der Waals surface area contributed by atoms with Crippen LogP contribution in [0.4, 0.5) is 0 Å². The third-order valence-corrected chi connectivity index (χ3v) is 5.33. The Hall–Kier alpha value is -2.98. The first kappa shape index (κ1) is 20.3. The summed E-state index contributed by atoms with van der Waals surface area (Å²) in [5.41, 5.74) is 4.40. The number of fused-ring (bicyclic) bond motifs is 1. The number of hydrogen-bond acceptors (Lipinski definition) is 3. The summed E-state index contributed by atoms with van der Waals surface area (Å²) < 4.78 is 14.4. The maximum absolute atomic E-state index is 6.14. The molecule has 0 amide bonds. The van der Waals surface area contributed by atoms with Crippen LogP contribution < -0.4 is 9.47 Å². The predicted molar refractivity (Wildman–Crippen MR) is 122 cm³/mol. The second-order valence-corrected chi connectivity index (χ2v) is 7.88. The van der Waals surface area contributed by atoms with E-state index < -0.39 is 0 Å². The molecule has 0 N–H and O–H groups in total. The van der Waals surface area contributed by atoms with Crippen LogP contribution in [0.25, 0.3) is 11.0 Å². The number of aryl methyl sites for hydroxylation is 2. The zero-order valence-electron chi connectivity index (χ0n) is 17.4. The molecule has 4 rings (SSSR count). The lowest BCUT2D eigenvalue weighted by molar-refractivity contribution is 0.207. The second-order valence-electron chi connectivity index (χ2n) is 7.44. The minimum atomic E-state index is -0.223. The summed E-state index contributed by atoms with van der Waals surface area (Å²) in [7, 11) is 0. The first-order valence-corrected chi connectivity index (χ1v) is 10.5. The minimum absolute atomic E-state index is 0.223. The maximum Gasteiger partial charge on any atom is 0.153 e. The minimum Gasteiger partial charge on any atom is -0.491 e. The van der Waals surface area contributed by atoms with E-state index in [4.69, 9.17) is 26.1 Å². The first-order chi connectivity index (χ1) is 14.5. The average Bonchev–Trinajstić information content (AvgIpc) is 3.10. The summed E-state index contributed by atoms with van der Waals surface area (Å²) in [6.07, 6.45) is -0.223. The van der Waals surface area contributed by atoms with Crippen molar-refractivity contribution in [2.45, 2.75) is 33.4 Å². The number of hydrogen-bond donors (Lipinski definition) is 0. The van der Waals surface area contributed by atoms with Gasteiger partial charge >= 0.3 is 0 Å². The molecule has 30 heavy (non-hydrogen) atoms. The Morgan fingerprint density at radius 2 is 1.77 bits per heavy atom. The van der Waals surface area contributed by atoms with Gasteiger partial charge in [0.25, 0.3) is 0 Å². The molecule has 3 aromatic carbocycles. The van der Waals surface area contributed by atoms with Crippen molar-refractivity contribution in [3.05, 3.63) is 88.7 Å². The molecule has 1 aromatic heterocycles. The molecule has 1 atom stereocenters. The van der Waals surface area contributed by atoms with E-state index in [2.05, 4.69) is 36.6 Å². The molecule has 4 nitrogen and oxygen atoms in total. The van der Waals surface area contributed by atoms with Crippen LogP contribution in [-0.4, -0.2) is 16.2 Å². The van der Waals surface area contributed by atoms with E-state index in [0.717, 1.165) is 33.9 Å². The van der Waals surface area contributed by atoms with Gasteiger partial charge in [-0.15, -0.1) is 0 Å². The molecule has 0 saturated carbocycles. The van der Waals surface area contributed by atoms with Gasteiger partial charge in [-0.1, -0.05) is 41.4 Å². The van der Waals surface area contributed by atoms with Crippen molar-refractivity contribution in [3.8, 4) is 11.5 Å². The summed E-state index contributed by atoms with van der Waals surface area (Å²) in [4.78, 5) is 4.84. The summed E-state index contributed by atoms with van der Waals surface area (Å²) in [5, 5.41) is 0.686. The average molecular weight is 421 g/mol. The Labute approximate surface area is 182 Å². The van der Waals surface area contributed by atoms with E-state index in [9.17, 15) is 0 Å². The normalized spacial score (nSPS) is 12.1. The van der Waals surface area contributed by atoms with Gasteiger partial charge in [0.15, 0.2) is 11.9 Å². The Morgan fingerprint density at radius 1 is 1.00 bits per heavy atom. The van der Waals surface area contributed by atoms with E-state index >= 15 is 0 Å². The van der Waals surface area contributed by atoms with Crippen LogP contribution in [0, 0.1) is 13.8 Å². The lowest BCUT2D eigenvalue weighted by atomic mass is 10.1. The van der Waals surface area contributed by atoms with Crippen LogP contribution in [0.2, 0.25) is 5.02 Å². The van der Waals surface area contributed by atoms with Crippen LogP contribution in [0.1, 0.15) is 30.0 Å². The largest absolute Gasteiger partial charge is 0.491 e. The number of imidazole rings is 1. The van der Waals surface area contributed by atoms with E-state index in [1.807, 2.05) is 55.5 Å². The molecule has 0 spiro atoms. The molecule has 0 bridgehead atoms. The van der Waals surface area contributed by atoms with Gasteiger partial charge in [-0.25, -0.2) is 4.98 Å². The van der Waals surface area contributed by atoms with Crippen molar-refractivity contribution in [1.82, 2.24) is 9.55 Å². The van der Waals surface area contributed by atoms with Crippen LogP contribution in [-0.2, 0) is 6.54 Å². The van der Waals surface area contributed by atoms with Crippen molar-refractivity contribution in [3.63, 3.8) is 0 Å². The van der Waals surface area contributed by atoms with Gasteiger partial charge in [0.05, 0.1) is 17.6 Å². The topological polar surface area (TPSA) is 36.3 Å². The van der Waals surface area contributed by atoms with Gasteiger partial charge in [0, 0.05) is 5.02 Å². The molecule has 0 saturated heterocycles. The summed E-state index contributed by atoms with van der Waals surface area (Å²) in [6.45, 7) is 7.39. The monoisotopic (exact) mass is 420 g/mol. The van der Waals surface area contributed by atoms with Crippen LogP contribution in [0.3, 0.4) is 0 Å². The van der Waals surface area contributed by atoms with E-state index in [1.165, 1.54) is 5.56 Å². The van der Waals surface area contributed by atoms with Gasteiger partial charge in [0.2, 0.25) is 0 Å². The smallest absolute Gasteiger partial charge is 0.153 e. The second kappa shape index (κ2) is 8.80. The fourth-order valence-electron chi connectivity index (χ4n) is 3.62. The standard InChI is InChI=1S/C25H25ClN2O2/c1-17-8-13-24(18(2)16-17)29-15-14-28-23-7-5-4-6-22(23)27-25(28)19(3)30-21-11-9-20(26)10-12-21/h4-13,16,19H,14-15H2,1-3H3. The molecule has 0 aliphatic carbocycles. The van der Waals surface area contributed by atoms with Gasteiger partial charge in [-0.3, -0.25) is 0 Å². The van der Waals surface area contributed by atoms with Crippen LogP contribution >= 0.6 is 11.6 Å². The molecule has 4 aromatic rings. The number of ether oxygens (including phenoxy) is 2. The van der Waals surface area contributed by atoms with Gasteiger partial charge in [-0.2, -0.15) is 0 Å². The maximum atomic E-state index is 6.14. The Balaban J connectivity index is 1.55. The van der Waals surface area contributed by atoms with E-state index in [1.54, 1.807) is 0 Å². The molecule has 154 valence electrons. The third-order valence-electron chi connectivity index (χ3n) is 5.08. The van der Waals surface area contributed by atoms with Crippen LogP contribution in [0.5, 0.6) is 11.5 Å². The Kier molecular flexibility index (Phi) is 5.96. The van der Waals surface area contributed by atoms with E-state index in [-0.39, 0.29) is 6.10 Å². The molecular formula is C25H25ClN2O2. The fourth-order valence-corrected chi connectivity index (χ4v) is 3.74. The van der Waals surface area contributed by atoms with Crippen LogP contribution in [0.15, 0.2) is 66.7 Å². The zero-order chi connectivity index (χ0) is 21.1. The Bertz CT molecular complexity index is 1150. The van der Waals surface area contributed by atoms with Crippen molar-refractivity contribution < 1.29 is 9.47 Å². The van der Waals surface area contributed by atoms with Crippen molar-refractivity contribution in [1.29, 1.82) is 0 Å². The van der Waals surface area contributed by atoms with Gasteiger partial charge < -0.3 is 14.0 Å². The Morgan fingerprint density at radius 3 is 2.53 bits per heavy atom. The summed E-state index contributed by atoms with van der Waals surface area (Å²) in [5.74, 6) is 2.55. The fraction of sp³-hybridized carbons (Fsp3) is 0.240. The lowest BCUT2D eigenvalue weighted by Crippen LogP contribution is -2.16. The molecule has 1 unspecified atom stereocenters. The number of para-hydroxylation sites is 2. The molecule has 0 radical (unpaired) electrons. The third kappa shape index (κ3) is 4.44. The summed E-state index contributed by atoms with van der Waals surface area (Å²) in [6, 6.07) is 21.8. The van der Waals surface area contributed by atoms with E-state index in [0.29, 0.717) is 18.2 Å². The number of halogens is 1.